The lowest BCUT2D eigenvalue weighted by molar-refractivity contribution is -0.660. The van der Waals surface area contributed by atoms with Gasteiger partial charge >= 0.3 is 0 Å². The quantitative estimate of drug-likeness (QED) is 0.676. The summed E-state index contributed by atoms with van der Waals surface area (Å²) in [6.45, 7) is 3.99. The monoisotopic (exact) mass is 242 g/mol. The predicted molar refractivity (Wildman–Crippen MR) is 74.6 cm³/mol. The minimum absolute atomic E-state index is 0.113. The van der Waals surface area contributed by atoms with Crippen LogP contribution in [-0.4, -0.2) is 0 Å². The summed E-state index contributed by atoms with van der Waals surface area (Å²) in [5.41, 5.74) is 5.08. The normalized spacial score (nSPS) is 22.6. The Hall–Kier alpha value is -1.63. The van der Waals surface area contributed by atoms with Crippen molar-refractivity contribution in [3.63, 3.8) is 0 Å². The number of pyridine rings is 1. The third-order valence-electron chi connectivity index (χ3n) is 3.48. The highest BCUT2D eigenvalue weighted by molar-refractivity contribution is 5.64. The second-order valence-electron chi connectivity index (χ2n) is 4.95. The summed E-state index contributed by atoms with van der Waals surface area (Å²) in [7, 11) is 1.98. The van der Waals surface area contributed by atoms with Gasteiger partial charge in [-0.25, -0.2) is 4.57 Å². The van der Waals surface area contributed by atoms with E-state index in [4.69, 9.17) is 5.48 Å². The van der Waals surface area contributed by atoms with Gasteiger partial charge in [0, 0.05) is 22.7 Å². The first-order chi connectivity index (χ1) is 10.1. The molecule has 0 unspecified atom stereocenters. The van der Waals surface area contributed by atoms with Crippen molar-refractivity contribution in [1.29, 1.82) is 0 Å². The van der Waals surface area contributed by atoms with Gasteiger partial charge in [0.25, 0.3) is 0 Å². The Kier molecular flexibility index (Phi) is 1.82. The van der Waals surface area contributed by atoms with Crippen molar-refractivity contribution in [3.05, 3.63) is 52.7 Å². The van der Waals surface area contributed by atoms with Crippen LogP contribution >= 0.6 is 0 Å². The zero-order valence-corrected chi connectivity index (χ0v) is 11.0. The molecule has 0 bridgehead atoms. The van der Waals surface area contributed by atoms with Crippen molar-refractivity contribution in [2.45, 2.75) is 33.0 Å². The van der Waals surface area contributed by atoms with E-state index in [9.17, 15) is 0 Å². The molecule has 0 radical (unpaired) electrons. The SMILES string of the molecule is [2H]C1([2H])CC([2H])([2H])c2cc(-c3ccc(C)c[n+]3C)c(C)cc21. The minimum atomic E-state index is -1.62. The zero-order valence-electron chi connectivity index (χ0n) is 15.0. The molecule has 1 aliphatic rings. The Morgan fingerprint density at radius 2 is 1.83 bits per heavy atom. The summed E-state index contributed by atoms with van der Waals surface area (Å²) < 4.78 is 34.5. The average Bonchev–Trinajstić information content (AvgIpc) is 2.54. The van der Waals surface area contributed by atoms with E-state index in [1.807, 2.05) is 55.9 Å². The Labute approximate surface area is 115 Å². The first-order valence-electron chi connectivity index (χ1n) is 8.24. The minimum Gasteiger partial charge on any atom is -0.201 e. The number of fused-ring (bicyclic) bond motifs is 1. The third-order valence-corrected chi connectivity index (χ3v) is 3.48. The molecule has 0 atom stereocenters. The van der Waals surface area contributed by atoms with Crippen molar-refractivity contribution in [3.8, 4) is 11.3 Å². The van der Waals surface area contributed by atoms with E-state index in [0.717, 1.165) is 22.4 Å². The van der Waals surface area contributed by atoms with Crippen LogP contribution in [-0.2, 0) is 19.8 Å². The lowest BCUT2D eigenvalue weighted by Crippen LogP contribution is -2.31. The first-order valence-corrected chi connectivity index (χ1v) is 6.24. The van der Waals surface area contributed by atoms with E-state index in [0.29, 0.717) is 11.1 Å². The van der Waals surface area contributed by atoms with Gasteiger partial charge in [-0.3, -0.25) is 0 Å². The van der Waals surface area contributed by atoms with Crippen LogP contribution in [0, 0.1) is 13.8 Å². The van der Waals surface area contributed by atoms with Crippen molar-refractivity contribution in [2.75, 3.05) is 0 Å². The highest BCUT2D eigenvalue weighted by atomic mass is 14.9. The molecule has 0 amide bonds. The fourth-order valence-electron chi connectivity index (χ4n) is 2.54. The maximum Gasteiger partial charge on any atom is 0.212 e. The number of benzene rings is 1. The maximum absolute atomic E-state index is 8.16. The summed E-state index contributed by atoms with van der Waals surface area (Å²) in [6.07, 6.45) is -1.30. The molecular formula is C17H20N+. The van der Waals surface area contributed by atoms with E-state index < -0.39 is 12.7 Å². The average molecular weight is 242 g/mol. The lowest BCUT2D eigenvalue weighted by atomic mass is 9.98. The third kappa shape index (κ3) is 1.84. The van der Waals surface area contributed by atoms with E-state index in [2.05, 4.69) is 0 Å². The highest BCUT2D eigenvalue weighted by Crippen LogP contribution is 2.29. The van der Waals surface area contributed by atoms with Crippen molar-refractivity contribution in [1.82, 2.24) is 0 Å². The largest absolute Gasteiger partial charge is 0.212 e. The zero-order chi connectivity index (χ0) is 16.3. The highest BCUT2D eigenvalue weighted by Gasteiger charge is 2.17. The summed E-state index contributed by atoms with van der Waals surface area (Å²) >= 11 is 0. The van der Waals surface area contributed by atoms with Crippen LogP contribution in [0.25, 0.3) is 11.3 Å². The molecule has 18 heavy (non-hydrogen) atoms. The maximum atomic E-state index is 8.16. The molecule has 1 aliphatic carbocycles. The number of nitrogens with zero attached hydrogens (tertiary/aromatic N) is 1. The van der Waals surface area contributed by atoms with Gasteiger partial charge in [-0.2, -0.15) is 0 Å². The molecule has 0 aliphatic heterocycles. The van der Waals surface area contributed by atoms with Gasteiger partial charge in [0.2, 0.25) is 5.69 Å². The molecule has 92 valence electrons. The molecule has 1 heterocycles. The van der Waals surface area contributed by atoms with Gasteiger partial charge < -0.3 is 0 Å². The van der Waals surface area contributed by atoms with E-state index in [-0.39, 0.29) is 6.42 Å². The Bertz CT molecular complexity index is 765. The number of hydrogen-bond acceptors (Lipinski definition) is 0. The Morgan fingerprint density at radius 1 is 1.11 bits per heavy atom. The van der Waals surface area contributed by atoms with Crippen LogP contribution in [0.2, 0.25) is 0 Å². The number of rotatable bonds is 1. The van der Waals surface area contributed by atoms with Crippen molar-refractivity contribution >= 4 is 0 Å². The number of aromatic nitrogens is 1. The number of aryl methyl sites for hydroxylation is 5. The lowest BCUT2D eigenvalue weighted by Gasteiger charge is -2.08. The second kappa shape index (κ2) is 4.24. The van der Waals surface area contributed by atoms with Gasteiger partial charge in [0.1, 0.15) is 7.05 Å². The van der Waals surface area contributed by atoms with Gasteiger partial charge in [-0.15, -0.1) is 0 Å². The van der Waals surface area contributed by atoms with Crippen LogP contribution in [0.1, 0.15) is 34.2 Å². The fourth-order valence-corrected chi connectivity index (χ4v) is 2.54. The van der Waals surface area contributed by atoms with Crippen molar-refractivity contribution in [2.24, 2.45) is 7.05 Å². The Morgan fingerprint density at radius 3 is 2.56 bits per heavy atom. The molecule has 0 N–H and O–H groups in total. The van der Waals surface area contributed by atoms with E-state index in [1.54, 1.807) is 0 Å². The first kappa shape index (κ1) is 7.73. The van der Waals surface area contributed by atoms with Gasteiger partial charge in [0.15, 0.2) is 6.20 Å². The van der Waals surface area contributed by atoms with Crippen LogP contribution in [0.15, 0.2) is 30.5 Å². The van der Waals surface area contributed by atoms with E-state index >= 15 is 0 Å². The van der Waals surface area contributed by atoms with Crippen LogP contribution in [0.5, 0.6) is 0 Å². The molecule has 1 heteroatoms. The predicted octanol–water partition coefficient (Wildman–Crippen LogP) is 3.28. The van der Waals surface area contributed by atoms with Crippen LogP contribution in [0.4, 0.5) is 0 Å². The van der Waals surface area contributed by atoms with Crippen LogP contribution < -0.4 is 4.57 Å². The molecule has 0 spiro atoms. The van der Waals surface area contributed by atoms with Gasteiger partial charge in [-0.05, 0) is 61.8 Å². The summed E-state index contributed by atoms with van der Waals surface area (Å²) in [4.78, 5) is 0. The molecule has 1 aromatic heterocycles. The summed E-state index contributed by atoms with van der Waals surface area (Å²) in [6, 6.07) is 7.72. The van der Waals surface area contributed by atoms with E-state index in [1.165, 1.54) is 0 Å². The van der Waals surface area contributed by atoms with Gasteiger partial charge in [0.05, 0.1) is 0 Å². The molecule has 0 fully saturated rings. The fraction of sp³-hybridized carbons (Fsp3) is 0.353. The molecule has 3 rings (SSSR count). The molecule has 0 saturated carbocycles. The molecule has 0 saturated heterocycles. The van der Waals surface area contributed by atoms with Crippen molar-refractivity contribution < 1.29 is 10.1 Å². The Balaban J connectivity index is 2.25. The van der Waals surface area contributed by atoms with Gasteiger partial charge in [-0.1, -0.05) is 6.07 Å². The summed E-state index contributed by atoms with van der Waals surface area (Å²) in [5.74, 6) is 0. The smallest absolute Gasteiger partial charge is 0.201 e. The topological polar surface area (TPSA) is 3.88 Å². The summed E-state index contributed by atoms with van der Waals surface area (Å²) in [5, 5.41) is 0. The molecule has 1 aromatic carbocycles. The van der Waals surface area contributed by atoms with Crippen LogP contribution in [0.3, 0.4) is 0 Å². The molecular weight excluding hydrogens is 218 g/mol. The second-order valence-corrected chi connectivity index (χ2v) is 4.95. The molecule has 2 aromatic rings. The standard InChI is InChI=1S/C17H20N/c1-12-7-8-17(18(3)11-12)16-10-15-6-4-5-14(15)9-13(16)2/h7-11H,4-6H2,1-3H3/q+1/i5D2,6D2. The number of hydrogen-bond donors (Lipinski definition) is 0. The molecule has 1 nitrogen and oxygen atoms in total.